The highest BCUT2D eigenvalue weighted by atomic mass is 16.4. The molecule has 0 amide bonds. The van der Waals surface area contributed by atoms with Crippen molar-refractivity contribution < 1.29 is 24.9 Å². The number of carbonyl (C=O) groups excluding carboxylic acids is 1. The Labute approximate surface area is 151 Å². The Hall–Kier alpha value is -0.940. The lowest BCUT2D eigenvalue weighted by molar-refractivity contribution is -0.137. The van der Waals surface area contributed by atoms with Gasteiger partial charge >= 0.3 is 5.97 Å². The van der Waals surface area contributed by atoms with E-state index in [0.717, 1.165) is 51.4 Å². The van der Waals surface area contributed by atoms with Crippen molar-refractivity contribution in [3.63, 3.8) is 0 Å². The van der Waals surface area contributed by atoms with E-state index < -0.39 is 12.1 Å². The van der Waals surface area contributed by atoms with Gasteiger partial charge in [-0.1, -0.05) is 45.4 Å². The molecular weight excluding hydrogens is 320 g/mol. The van der Waals surface area contributed by atoms with E-state index in [-0.39, 0.29) is 36.6 Å². The van der Waals surface area contributed by atoms with E-state index in [2.05, 4.69) is 6.92 Å². The van der Waals surface area contributed by atoms with Gasteiger partial charge < -0.3 is 15.3 Å². The van der Waals surface area contributed by atoms with Crippen molar-refractivity contribution in [2.24, 2.45) is 11.8 Å². The number of aliphatic carboxylic acids is 1. The Morgan fingerprint density at radius 1 is 1.08 bits per heavy atom. The fourth-order valence-electron chi connectivity index (χ4n) is 3.94. The third-order valence-corrected chi connectivity index (χ3v) is 5.46. The van der Waals surface area contributed by atoms with Crippen molar-refractivity contribution in [2.45, 2.75) is 103 Å². The van der Waals surface area contributed by atoms with Gasteiger partial charge in [0.25, 0.3) is 0 Å². The van der Waals surface area contributed by atoms with E-state index in [4.69, 9.17) is 5.11 Å². The minimum atomic E-state index is -0.758. The van der Waals surface area contributed by atoms with Crippen LogP contribution < -0.4 is 0 Å². The summed E-state index contributed by atoms with van der Waals surface area (Å²) < 4.78 is 0. The molecule has 1 aliphatic rings. The molecule has 1 aliphatic carbocycles. The molecule has 1 saturated carbocycles. The van der Waals surface area contributed by atoms with Crippen molar-refractivity contribution in [3.05, 3.63) is 0 Å². The maximum atomic E-state index is 12.2. The summed E-state index contributed by atoms with van der Waals surface area (Å²) in [7, 11) is 0. The van der Waals surface area contributed by atoms with Crippen LogP contribution in [0.15, 0.2) is 0 Å². The third-order valence-electron chi connectivity index (χ3n) is 5.46. The van der Waals surface area contributed by atoms with Crippen molar-refractivity contribution in [3.8, 4) is 0 Å². The van der Waals surface area contributed by atoms with E-state index in [1.165, 1.54) is 0 Å². The van der Waals surface area contributed by atoms with E-state index in [0.29, 0.717) is 19.3 Å². The number of hydrogen-bond acceptors (Lipinski definition) is 4. The Morgan fingerprint density at radius 2 is 1.80 bits per heavy atom. The van der Waals surface area contributed by atoms with Gasteiger partial charge in [-0.05, 0) is 38.0 Å². The Balaban J connectivity index is 2.30. The van der Waals surface area contributed by atoms with Crippen LogP contribution in [0, 0.1) is 11.8 Å². The quantitative estimate of drug-likeness (QED) is 0.413. The highest BCUT2D eigenvalue weighted by Crippen LogP contribution is 2.36. The molecule has 3 N–H and O–H groups in total. The number of aliphatic hydroxyl groups excluding tert-OH is 2. The zero-order chi connectivity index (χ0) is 18.7. The van der Waals surface area contributed by atoms with Gasteiger partial charge in [-0.3, -0.25) is 9.59 Å². The molecule has 0 radical (unpaired) electrons. The van der Waals surface area contributed by atoms with Crippen LogP contribution in [0.2, 0.25) is 0 Å². The van der Waals surface area contributed by atoms with Gasteiger partial charge in [-0.15, -0.1) is 0 Å². The molecule has 0 aromatic carbocycles. The standard InChI is InChI=1S/C20H36O5/c1-2-3-6-9-15(21)12-13-17-16(18(22)14-19(17)23)10-7-4-5-8-11-20(24)25/h15-17,19,21,23H,2-14H2,1H3,(H,24,25)/t15-,16+,17-,19-/m0/s1. The van der Waals surface area contributed by atoms with Crippen LogP contribution in [0.5, 0.6) is 0 Å². The summed E-state index contributed by atoms with van der Waals surface area (Å²) >= 11 is 0. The number of carbonyl (C=O) groups is 2. The minimum absolute atomic E-state index is 0.0210. The lowest BCUT2D eigenvalue weighted by atomic mass is 9.85. The molecule has 146 valence electrons. The second-order valence-electron chi connectivity index (χ2n) is 7.58. The molecule has 0 bridgehead atoms. The largest absolute Gasteiger partial charge is 0.481 e. The van der Waals surface area contributed by atoms with E-state index in [1.54, 1.807) is 0 Å². The number of hydrogen-bond donors (Lipinski definition) is 3. The molecule has 0 spiro atoms. The lowest BCUT2D eigenvalue weighted by Crippen LogP contribution is -2.22. The summed E-state index contributed by atoms with van der Waals surface area (Å²) in [6, 6.07) is 0. The molecule has 5 heteroatoms. The number of carboxylic acid groups (broad SMARTS) is 1. The fraction of sp³-hybridized carbons (Fsp3) is 0.900. The first-order valence-corrected chi connectivity index (χ1v) is 10.1. The average molecular weight is 357 g/mol. The topological polar surface area (TPSA) is 94.8 Å². The van der Waals surface area contributed by atoms with E-state index >= 15 is 0 Å². The summed E-state index contributed by atoms with van der Waals surface area (Å²) in [5, 5.41) is 28.9. The van der Waals surface area contributed by atoms with Crippen LogP contribution in [0.1, 0.15) is 90.4 Å². The predicted octanol–water partition coefficient (Wildman–Crippen LogP) is 3.70. The second kappa shape index (κ2) is 12.4. The third kappa shape index (κ3) is 8.82. The van der Waals surface area contributed by atoms with Gasteiger partial charge in [0.15, 0.2) is 0 Å². The Kier molecular flexibility index (Phi) is 11.0. The molecule has 1 rings (SSSR count). The molecule has 4 atom stereocenters. The molecule has 0 saturated heterocycles. The lowest BCUT2D eigenvalue weighted by Gasteiger charge is -2.22. The summed E-state index contributed by atoms with van der Waals surface area (Å²) in [4.78, 5) is 22.6. The molecule has 1 fully saturated rings. The number of ketones is 1. The van der Waals surface area contributed by atoms with Gasteiger partial charge in [0.05, 0.1) is 12.2 Å². The highest BCUT2D eigenvalue weighted by Gasteiger charge is 2.40. The van der Waals surface area contributed by atoms with Crippen molar-refractivity contribution in [2.75, 3.05) is 0 Å². The molecular formula is C20H36O5. The van der Waals surface area contributed by atoms with Gasteiger partial charge in [0.1, 0.15) is 5.78 Å². The number of Topliss-reactive ketones (excluding diaryl/α,β-unsaturated/α-hetero) is 1. The monoisotopic (exact) mass is 356 g/mol. The second-order valence-corrected chi connectivity index (χ2v) is 7.58. The van der Waals surface area contributed by atoms with Crippen LogP contribution in [0.25, 0.3) is 0 Å². The molecule has 0 aromatic rings. The van der Waals surface area contributed by atoms with Crippen LogP contribution >= 0.6 is 0 Å². The van der Waals surface area contributed by atoms with Gasteiger partial charge in [-0.25, -0.2) is 0 Å². The van der Waals surface area contributed by atoms with Gasteiger partial charge in [0.2, 0.25) is 0 Å². The SMILES string of the molecule is CCCCC[C@H](O)CC[C@@H]1[C@@H](O)CC(=O)[C@@H]1CCCCCCC(=O)O. The maximum Gasteiger partial charge on any atom is 0.303 e. The molecule has 0 unspecified atom stereocenters. The van der Waals surface area contributed by atoms with Crippen molar-refractivity contribution >= 4 is 11.8 Å². The first kappa shape index (κ1) is 22.1. The molecule has 0 aliphatic heterocycles. The Morgan fingerprint density at radius 3 is 2.48 bits per heavy atom. The van der Waals surface area contributed by atoms with Crippen LogP contribution in [0.3, 0.4) is 0 Å². The average Bonchev–Trinajstić information content (AvgIpc) is 2.82. The van der Waals surface area contributed by atoms with E-state index in [9.17, 15) is 19.8 Å². The Bertz CT molecular complexity index is 396. The molecule has 5 nitrogen and oxygen atoms in total. The summed E-state index contributed by atoms with van der Waals surface area (Å²) in [6.07, 6.45) is 9.21. The summed E-state index contributed by atoms with van der Waals surface area (Å²) in [5.74, 6) is -0.708. The number of rotatable bonds is 14. The summed E-state index contributed by atoms with van der Waals surface area (Å²) in [6.45, 7) is 2.14. The van der Waals surface area contributed by atoms with Crippen molar-refractivity contribution in [1.29, 1.82) is 0 Å². The fourth-order valence-corrected chi connectivity index (χ4v) is 3.94. The maximum absolute atomic E-state index is 12.2. The zero-order valence-electron chi connectivity index (χ0n) is 15.7. The van der Waals surface area contributed by atoms with E-state index in [1.807, 2.05) is 0 Å². The number of carboxylic acids is 1. The summed E-state index contributed by atoms with van der Waals surface area (Å²) in [5.41, 5.74) is 0. The normalized spacial score (nSPS) is 24.6. The highest BCUT2D eigenvalue weighted by molar-refractivity contribution is 5.84. The first-order chi connectivity index (χ1) is 12.0. The van der Waals surface area contributed by atoms with Crippen molar-refractivity contribution in [1.82, 2.24) is 0 Å². The molecule has 25 heavy (non-hydrogen) atoms. The molecule has 0 aromatic heterocycles. The first-order valence-electron chi connectivity index (χ1n) is 10.1. The molecule has 0 heterocycles. The van der Waals surface area contributed by atoms with Crippen LogP contribution in [-0.2, 0) is 9.59 Å². The smallest absolute Gasteiger partial charge is 0.303 e. The van der Waals surface area contributed by atoms with Crippen LogP contribution in [-0.4, -0.2) is 39.3 Å². The van der Waals surface area contributed by atoms with Gasteiger partial charge in [-0.2, -0.15) is 0 Å². The predicted molar refractivity (Wildman–Crippen MR) is 97.3 cm³/mol. The minimum Gasteiger partial charge on any atom is -0.481 e. The zero-order valence-corrected chi connectivity index (χ0v) is 15.7. The number of aliphatic hydroxyl groups is 2. The van der Waals surface area contributed by atoms with Crippen LogP contribution in [0.4, 0.5) is 0 Å². The van der Waals surface area contributed by atoms with Gasteiger partial charge in [0, 0.05) is 18.8 Å². The number of unbranched alkanes of at least 4 members (excludes halogenated alkanes) is 5.